The molecule has 0 spiro atoms. The van der Waals surface area contributed by atoms with Crippen molar-refractivity contribution >= 4 is 22.6 Å². The number of carbonyl (C=O) groups excluding carboxylic acids is 1. The number of unbranched alkanes of at least 4 members (excludes halogenated alkanes) is 1. The van der Waals surface area contributed by atoms with Crippen molar-refractivity contribution in [1.29, 1.82) is 0 Å². The van der Waals surface area contributed by atoms with Crippen LogP contribution in [0.4, 0.5) is 0 Å². The Kier molecular flexibility index (Phi) is 11.9. The van der Waals surface area contributed by atoms with Crippen LogP contribution in [0.25, 0.3) is 16.8 Å². The van der Waals surface area contributed by atoms with Crippen LogP contribution in [0, 0.1) is 23.9 Å². The molecule has 7 heteroatoms. The molecule has 4 aromatic carbocycles. The first-order chi connectivity index (χ1) is 26.8. The second-order valence-electron chi connectivity index (χ2n) is 15.1. The van der Waals surface area contributed by atoms with Crippen LogP contribution in [0.15, 0.2) is 90.7 Å². The van der Waals surface area contributed by atoms with Crippen LogP contribution in [0.5, 0.6) is 17.2 Å². The van der Waals surface area contributed by atoms with Gasteiger partial charge in [0.2, 0.25) is 0 Å². The van der Waals surface area contributed by atoms with Gasteiger partial charge in [-0.1, -0.05) is 73.9 Å². The van der Waals surface area contributed by atoms with Gasteiger partial charge >= 0.3 is 0 Å². The van der Waals surface area contributed by atoms with Gasteiger partial charge in [-0.3, -0.25) is 4.79 Å². The van der Waals surface area contributed by atoms with Crippen molar-refractivity contribution in [3.05, 3.63) is 130 Å². The number of hydrogen-bond donors (Lipinski definition) is 3. The number of ketones is 1. The average molecular weight is 739 g/mol. The van der Waals surface area contributed by atoms with E-state index in [1.54, 1.807) is 13.2 Å². The molecule has 8 rings (SSSR count). The van der Waals surface area contributed by atoms with Gasteiger partial charge in [-0.15, -0.1) is 0 Å². The van der Waals surface area contributed by atoms with Gasteiger partial charge in [0.25, 0.3) is 0 Å². The first-order valence-electron chi connectivity index (χ1n) is 19.5. The first-order valence-corrected chi connectivity index (χ1v) is 19.5. The van der Waals surface area contributed by atoms with Crippen LogP contribution < -0.4 is 9.47 Å². The molecular formula is C48H50O7. The fourth-order valence-electron chi connectivity index (χ4n) is 8.36. The highest BCUT2D eigenvalue weighted by molar-refractivity contribution is 6.00. The molecule has 3 N–H and O–H groups in total. The predicted octanol–water partition coefficient (Wildman–Crippen LogP) is 9.60. The Morgan fingerprint density at radius 3 is 2.62 bits per heavy atom. The Balaban J connectivity index is 1.20. The van der Waals surface area contributed by atoms with Gasteiger partial charge in [-0.2, -0.15) is 0 Å². The van der Waals surface area contributed by atoms with E-state index in [1.807, 2.05) is 42.5 Å². The Hall–Kier alpha value is -5.45. The maximum Gasteiger partial charge on any atom is 0.161 e. The second-order valence-corrected chi connectivity index (χ2v) is 15.1. The summed E-state index contributed by atoms with van der Waals surface area (Å²) in [7, 11) is 1.60. The first kappa shape index (κ1) is 37.8. The molecule has 2 aliphatic carbocycles. The number of carbonyl (C=O) groups is 1. The minimum atomic E-state index is -0.497. The summed E-state index contributed by atoms with van der Waals surface area (Å²) in [5.74, 6) is 4.97. The van der Waals surface area contributed by atoms with E-state index in [9.17, 15) is 20.1 Å². The Labute approximate surface area is 324 Å². The molecule has 4 atom stereocenters. The predicted molar refractivity (Wildman–Crippen MR) is 216 cm³/mol. The highest BCUT2D eigenvalue weighted by atomic mass is 16.5. The molecule has 0 saturated heterocycles. The van der Waals surface area contributed by atoms with Gasteiger partial charge in [0, 0.05) is 36.3 Å². The zero-order chi connectivity index (χ0) is 38.3. The molecule has 4 aliphatic rings. The van der Waals surface area contributed by atoms with Crippen molar-refractivity contribution in [2.45, 2.75) is 89.9 Å². The summed E-state index contributed by atoms with van der Waals surface area (Å²) < 4.78 is 18.3. The summed E-state index contributed by atoms with van der Waals surface area (Å²) in [6.07, 6.45) is 18.2. The lowest BCUT2D eigenvalue weighted by Gasteiger charge is -2.28. The number of fused-ring (bicyclic) bond motifs is 9. The number of Topliss-reactive ketones (excluding diaryl/α,β-unsaturated/α-hetero) is 1. The molecule has 0 saturated carbocycles. The highest BCUT2D eigenvalue weighted by Gasteiger charge is 2.28. The lowest BCUT2D eigenvalue weighted by atomic mass is 9.80. The van der Waals surface area contributed by atoms with Crippen molar-refractivity contribution in [2.75, 3.05) is 7.11 Å². The third kappa shape index (κ3) is 8.77. The normalized spacial score (nSPS) is 20.8. The number of phenols is 1. The van der Waals surface area contributed by atoms with Crippen LogP contribution in [-0.2, 0) is 42.0 Å². The molecule has 4 unspecified atom stereocenters. The molecule has 0 radical (unpaired) electrons. The van der Waals surface area contributed by atoms with Gasteiger partial charge in [0.15, 0.2) is 11.5 Å². The zero-order valence-electron chi connectivity index (χ0n) is 31.7. The topological polar surface area (TPSA) is 105 Å². The molecule has 7 nitrogen and oxygen atoms in total. The van der Waals surface area contributed by atoms with Crippen molar-refractivity contribution in [1.82, 2.24) is 0 Å². The Morgan fingerprint density at radius 1 is 0.945 bits per heavy atom. The molecule has 0 amide bonds. The number of ether oxygens (including phenoxy) is 3. The summed E-state index contributed by atoms with van der Waals surface area (Å²) in [4.78, 5) is 13.6. The average Bonchev–Trinajstić information content (AvgIpc) is 3.19. The van der Waals surface area contributed by atoms with Crippen molar-refractivity contribution < 1.29 is 34.3 Å². The van der Waals surface area contributed by atoms with Crippen LogP contribution in [0.1, 0.15) is 90.3 Å². The lowest BCUT2D eigenvalue weighted by molar-refractivity contribution is -0.121. The van der Waals surface area contributed by atoms with Gasteiger partial charge in [-0.25, -0.2) is 0 Å². The number of aliphatic hydroxyl groups excluding tert-OH is 2. The Bertz CT molecular complexity index is 2190. The monoisotopic (exact) mass is 738 g/mol. The summed E-state index contributed by atoms with van der Waals surface area (Å²) in [6, 6.07) is 20.0. The third-order valence-corrected chi connectivity index (χ3v) is 11.4. The van der Waals surface area contributed by atoms with Gasteiger partial charge in [-0.05, 0) is 119 Å². The highest BCUT2D eigenvalue weighted by Crippen LogP contribution is 2.43. The molecule has 284 valence electrons. The molecule has 2 aliphatic heterocycles. The van der Waals surface area contributed by atoms with Crippen LogP contribution in [-0.4, -0.2) is 34.3 Å². The molecule has 0 fully saturated rings. The number of methoxy groups -OCH3 is 1. The van der Waals surface area contributed by atoms with Crippen LogP contribution in [0.3, 0.4) is 0 Å². The number of hydrogen-bond acceptors (Lipinski definition) is 7. The molecular weight excluding hydrogens is 689 g/mol. The Morgan fingerprint density at radius 2 is 1.80 bits per heavy atom. The smallest absolute Gasteiger partial charge is 0.161 e. The number of aryl methyl sites for hydroxylation is 2. The summed E-state index contributed by atoms with van der Waals surface area (Å²) in [6.45, 7) is 2.08. The minimum absolute atomic E-state index is 0.0186. The fourth-order valence-corrected chi connectivity index (χ4v) is 8.36. The summed E-state index contributed by atoms with van der Waals surface area (Å²) in [5, 5.41) is 34.4. The van der Waals surface area contributed by atoms with E-state index in [-0.39, 0.29) is 61.1 Å². The zero-order valence-corrected chi connectivity index (χ0v) is 31.7. The minimum Gasteiger partial charge on any atom is -0.508 e. The van der Waals surface area contributed by atoms with Crippen molar-refractivity contribution in [2.24, 2.45) is 11.8 Å². The van der Waals surface area contributed by atoms with Crippen molar-refractivity contribution in [3.63, 3.8) is 0 Å². The number of aromatic hydroxyl groups is 1. The molecule has 55 heavy (non-hydrogen) atoms. The van der Waals surface area contributed by atoms with Gasteiger partial charge in [0.05, 0.1) is 13.7 Å². The third-order valence-electron chi connectivity index (χ3n) is 11.4. The molecule has 6 bridgehead atoms. The molecule has 2 heterocycles. The number of aliphatic hydroxyl groups is 2. The van der Waals surface area contributed by atoms with E-state index in [4.69, 9.17) is 14.2 Å². The van der Waals surface area contributed by atoms with Crippen LogP contribution >= 0.6 is 0 Å². The second kappa shape index (κ2) is 17.3. The lowest BCUT2D eigenvalue weighted by Crippen LogP contribution is -2.24. The van der Waals surface area contributed by atoms with E-state index < -0.39 is 6.10 Å². The van der Waals surface area contributed by atoms with E-state index in [1.165, 1.54) is 5.56 Å². The molecule has 4 aromatic rings. The number of rotatable bonds is 9. The largest absolute Gasteiger partial charge is 0.508 e. The fraction of sp³-hybridized carbons (Fsp3) is 0.354. The van der Waals surface area contributed by atoms with Crippen LogP contribution in [0.2, 0.25) is 0 Å². The summed E-state index contributed by atoms with van der Waals surface area (Å²) >= 11 is 0. The standard InChI is InChI=1S/C48H50O7/c1-31-14-20-41-44-30-55-47-23-33(16-21-46(47)53-2)15-18-38(51)27-39(54-22-8-13-40-43(26-36(44)29-49)48(41)42(31)28-45(40)52)25-35-24-37(50)19-17-34(35)12-7-6-11-32-9-4-3-5-10-32/h3-5,9-10,14,16-17,19-21,23-24,26,28,31,34-35,39,49-50,52H,6-7,11-13,15,18,25,27,29-30H2,1-2H3. The van der Waals surface area contributed by atoms with Crippen molar-refractivity contribution in [3.8, 4) is 29.3 Å². The quantitative estimate of drug-likeness (QED) is 0.116. The van der Waals surface area contributed by atoms with Gasteiger partial charge < -0.3 is 29.5 Å². The van der Waals surface area contributed by atoms with E-state index in [2.05, 4.69) is 61.4 Å². The van der Waals surface area contributed by atoms with E-state index in [0.29, 0.717) is 41.9 Å². The number of phenolic OH excluding ortho intramolecular Hbond substituents is 1. The molecule has 0 aromatic heterocycles. The number of benzene rings is 4. The SMILES string of the molecule is COc1ccc2cc1OCc1c(CO)cc3c(c(O)cc4c3c1C=CC4C)CC#COC(CC1C=C(O)C=CC1CCCCc1ccccc1)CC(=O)CC2. The van der Waals surface area contributed by atoms with E-state index in [0.717, 1.165) is 58.7 Å². The maximum atomic E-state index is 13.6. The number of allylic oxidation sites excluding steroid dienone is 4. The maximum absolute atomic E-state index is 13.6. The summed E-state index contributed by atoms with van der Waals surface area (Å²) in [5.41, 5.74) is 6.45. The van der Waals surface area contributed by atoms with E-state index >= 15 is 0 Å². The van der Waals surface area contributed by atoms with Gasteiger partial charge in [0.1, 0.15) is 36.1 Å².